The number of rotatable bonds is 3. The summed E-state index contributed by atoms with van der Waals surface area (Å²) in [4.78, 5) is 20.4. The first-order chi connectivity index (χ1) is 13.8. The highest BCUT2D eigenvalue weighted by Gasteiger charge is 2.15. The molecule has 4 aromatic rings. The standard InChI is InChI=1S/C21H20N6O/c1-15-24-20-21(25-19(14-23-20)16-6-8-22-9-7-16)27(15)18-4-2-17(3-5-18)26-10-12-28-13-11-26/h2-9,14H,10-13H2,1H3. The first-order valence-corrected chi connectivity index (χ1v) is 9.35. The van der Waals surface area contributed by atoms with Crippen molar-refractivity contribution in [3.8, 4) is 16.9 Å². The maximum absolute atomic E-state index is 5.44. The minimum atomic E-state index is 0.646. The number of ether oxygens (including phenoxy) is 1. The molecular formula is C21H20N6O. The number of fused-ring (bicyclic) bond motifs is 1. The van der Waals surface area contributed by atoms with E-state index >= 15 is 0 Å². The molecule has 0 bridgehead atoms. The second-order valence-electron chi connectivity index (χ2n) is 6.75. The maximum atomic E-state index is 5.44. The van der Waals surface area contributed by atoms with Crippen molar-refractivity contribution in [2.75, 3.05) is 31.2 Å². The summed E-state index contributed by atoms with van der Waals surface area (Å²) in [5.74, 6) is 0.862. The lowest BCUT2D eigenvalue weighted by Crippen LogP contribution is -2.36. The summed E-state index contributed by atoms with van der Waals surface area (Å²) in [6, 6.07) is 12.4. The SMILES string of the molecule is Cc1nc2ncc(-c3ccncc3)nc2n1-c1ccc(N2CCOCC2)cc1. The summed E-state index contributed by atoms with van der Waals surface area (Å²) in [5.41, 5.74) is 5.42. The van der Waals surface area contributed by atoms with Gasteiger partial charge in [-0.2, -0.15) is 0 Å². The molecule has 1 saturated heterocycles. The number of aryl methyl sites for hydroxylation is 1. The van der Waals surface area contributed by atoms with Crippen LogP contribution in [0.4, 0.5) is 5.69 Å². The number of nitrogens with zero attached hydrogens (tertiary/aromatic N) is 6. The highest BCUT2D eigenvalue weighted by molar-refractivity contribution is 5.74. The second-order valence-corrected chi connectivity index (χ2v) is 6.75. The topological polar surface area (TPSA) is 69.0 Å². The van der Waals surface area contributed by atoms with Crippen LogP contribution in [0.1, 0.15) is 5.82 Å². The molecule has 7 heteroatoms. The van der Waals surface area contributed by atoms with Gasteiger partial charge in [-0.3, -0.25) is 9.55 Å². The van der Waals surface area contributed by atoms with Crippen LogP contribution in [0.3, 0.4) is 0 Å². The van der Waals surface area contributed by atoms with E-state index in [2.05, 4.69) is 48.7 Å². The van der Waals surface area contributed by atoms with Gasteiger partial charge in [0.15, 0.2) is 11.3 Å². The van der Waals surface area contributed by atoms with E-state index in [4.69, 9.17) is 9.72 Å². The molecule has 7 nitrogen and oxygen atoms in total. The molecule has 4 heterocycles. The van der Waals surface area contributed by atoms with E-state index in [-0.39, 0.29) is 0 Å². The van der Waals surface area contributed by atoms with Gasteiger partial charge < -0.3 is 9.64 Å². The van der Waals surface area contributed by atoms with E-state index in [1.165, 1.54) is 5.69 Å². The van der Waals surface area contributed by atoms with Crippen LogP contribution in [-0.4, -0.2) is 50.8 Å². The molecule has 1 fully saturated rings. The number of aromatic nitrogens is 5. The quantitative estimate of drug-likeness (QED) is 0.551. The summed E-state index contributed by atoms with van der Waals surface area (Å²) in [6.07, 6.45) is 5.28. The zero-order valence-electron chi connectivity index (χ0n) is 15.6. The number of morpholine rings is 1. The summed E-state index contributed by atoms with van der Waals surface area (Å²) >= 11 is 0. The average molecular weight is 372 g/mol. The number of hydrogen-bond acceptors (Lipinski definition) is 6. The monoisotopic (exact) mass is 372 g/mol. The maximum Gasteiger partial charge on any atom is 0.198 e. The smallest absolute Gasteiger partial charge is 0.198 e. The second kappa shape index (κ2) is 7.01. The zero-order valence-corrected chi connectivity index (χ0v) is 15.6. The van der Waals surface area contributed by atoms with Gasteiger partial charge in [-0.25, -0.2) is 15.0 Å². The van der Waals surface area contributed by atoms with Gasteiger partial charge >= 0.3 is 0 Å². The molecule has 0 unspecified atom stereocenters. The molecule has 0 atom stereocenters. The lowest BCUT2D eigenvalue weighted by molar-refractivity contribution is 0.122. The van der Waals surface area contributed by atoms with Crippen molar-refractivity contribution in [3.63, 3.8) is 0 Å². The molecule has 140 valence electrons. The summed E-state index contributed by atoms with van der Waals surface area (Å²) < 4.78 is 7.49. The molecule has 1 aromatic carbocycles. The Bertz CT molecular complexity index is 1100. The minimum Gasteiger partial charge on any atom is -0.378 e. The van der Waals surface area contributed by atoms with E-state index in [0.29, 0.717) is 5.65 Å². The number of imidazole rings is 1. The highest BCUT2D eigenvalue weighted by atomic mass is 16.5. The highest BCUT2D eigenvalue weighted by Crippen LogP contribution is 2.24. The molecule has 28 heavy (non-hydrogen) atoms. The van der Waals surface area contributed by atoms with Crippen molar-refractivity contribution in [1.29, 1.82) is 0 Å². The number of hydrogen-bond donors (Lipinski definition) is 0. The molecule has 1 aliphatic heterocycles. The van der Waals surface area contributed by atoms with E-state index in [1.807, 2.05) is 19.1 Å². The molecular weight excluding hydrogens is 352 g/mol. The van der Waals surface area contributed by atoms with Crippen molar-refractivity contribution in [2.45, 2.75) is 6.92 Å². The van der Waals surface area contributed by atoms with Gasteiger partial charge in [0, 0.05) is 42.4 Å². The first-order valence-electron chi connectivity index (χ1n) is 9.35. The average Bonchev–Trinajstić information content (AvgIpc) is 3.10. The van der Waals surface area contributed by atoms with Crippen LogP contribution in [0.15, 0.2) is 55.0 Å². The van der Waals surface area contributed by atoms with Crippen LogP contribution in [0.2, 0.25) is 0 Å². The molecule has 0 aliphatic carbocycles. The summed E-state index contributed by atoms with van der Waals surface area (Å²) in [6.45, 7) is 5.38. The Morgan fingerprint density at radius 2 is 1.61 bits per heavy atom. The molecule has 1 aliphatic rings. The third kappa shape index (κ3) is 2.99. The zero-order chi connectivity index (χ0) is 18.9. The molecule has 0 radical (unpaired) electrons. The van der Waals surface area contributed by atoms with Crippen LogP contribution in [0.25, 0.3) is 28.2 Å². The summed E-state index contributed by atoms with van der Waals surface area (Å²) in [5, 5.41) is 0. The predicted molar refractivity (Wildman–Crippen MR) is 108 cm³/mol. The number of benzene rings is 1. The van der Waals surface area contributed by atoms with Crippen LogP contribution >= 0.6 is 0 Å². The van der Waals surface area contributed by atoms with Crippen molar-refractivity contribution in [1.82, 2.24) is 24.5 Å². The number of anilines is 1. The van der Waals surface area contributed by atoms with Gasteiger partial charge in [-0.1, -0.05) is 0 Å². The Balaban J connectivity index is 1.55. The van der Waals surface area contributed by atoms with E-state index in [1.54, 1.807) is 18.6 Å². The van der Waals surface area contributed by atoms with Gasteiger partial charge in [-0.05, 0) is 43.3 Å². The van der Waals surface area contributed by atoms with Crippen LogP contribution in [0, 0.1) is 6.92 Å². The van der Waals surface area contributed by atoms with Gasteiger partial charge in [0.25, 0.3) is 0 Å². The molecule has 0 saturated carbocycles. The Kier molecular flexibility index (Phi) is 4.21. The fraction of sp³-hybridized carbons (Fsp3) is 0.238. The van der Waals surface area contributed by atoms with Gasteiger partial charge in [0.05, 0.1) is 25.1 Å². The van der Waals surface area contributed by atoms with E-state index in [9.17, 15) is 0 Å². The third-order valence-electron chi connectivity index (χ3n) is 5.00. The molecule has 0 amide bonds. The molecule has 5 rings (SSSR count). The predicted octanol–water partition coefficient (Wildman–Crippen LogP) is 3.02. The largest absolute Gasteiger partial charge is 0.378 e. The third-order valence-corrected chi connectivity index (χ3v) is 5.00. The normalized spacial score (nSPS) is 14.5. The molecule has 0 spiro atoms. The van der Waals surface area contributed by atoms with Gasteiger partial charge in [0.2, 0.25) is 0 Å². The van der Waals surface area contributed by atoms with Crippen LogP contribution in [-0.2, 0) is 4.74 Å². The van der Waals surface area contributed by atoms with Crippen molar-refractivity contribution in [2.24, 2.45) is 0 Å². The lowest BCUT2D eigenvalue weighted by atomic mass is 10.2. The Morgan fingerprint density at radius 3 is 2.36 bits per heavy atom. The minimum absolute atomic E-state index is 0.646. The Labute approximate surface area is 162 Å². The fourth-order valence-corrected chi connectivity index (χ4v) is 3.56. The fourth-order valence-electron chi connectivity index (χ4n) is 3.56. The molecule has 0 N–H and O–H groups in total. The van der Waals surface area contributed by atoms with Gasteiger partial charge in [-0.15, -0.1) is 0 Å². The van der Waals surface area contributed by atoms with Gasteiger partial charge in [0.1, 0.15) is 5.82 Å². The van der Waals surface area contributed by atoms with Crippen molar-refractivity contribution >= 4 is 17.0 Å². The Hall–Kier alpha value is -3.32. The van der Waals surface area contributed by atoms with E-state index in [0.717, 1.165) is 54.7 Å². The molecule has 3 aromatic heterocycles. The lowest BCUT2D eigenvalue weighted by Gasteiger charge is -2.29. The van der Waals surface area contributed by atoms with Crippen LogP contribution in [0.5, 0.6) is 0 Å². The Morgan fingerprint density at radius 1 is 0.893 bits per heavy atom. The van der Waals surface area contributed by atoms with Crippen LogP contribution < -0.4 is 4.90 Å². The van der Waals surface area contributed by atoms with Crippen molar-refractivity contribution in [3.05, 3.63) is 60.8 Å². The van der Waals surface area contributed by atoms with E-state index < -0.39 is 0 Å². The summed E-state index contributed by atoms with van der Waals surface area (Å²) in [7, 11) is 0. The van der Waals surface area contributed by atoms with Crippen molar-refractivity contribution < 1.29 is 4.74 Å². The first kappa shape index (κ1) is 16.8. The number of pyridine rings is 1.